The Hall–Kier alpha value is -6.71. The fourth-order valence-electron chi connectivity index (χ4n) is 9.79. The van der Waals surface area contributed by atoms with Crippen LogP contribution in [0.1, 0.15) is 0 Å². The van der Waals surface area contributed by atoms with Crippen molar-refractivity contribution in [2.75, 3.05) is 14.5 Å². The lowest BCUT2D eigenvalue weighted by Gasteiger charge is -2.49. The van der Waals surface area contributed by atoms with Crippen LogP contribution in [0.5, 0.6) is 0 Å². The molecule has 4 heterocycles. The first kappa shape index (κ1) is 28.9. The fourth-order valence-corrected chi connectivity index (χ4v) is 9.79. The normalized spacial score (nSPS) is 13.5. The predicted molar refractivity (Wildman–Crippen MR) is 225 cm³/mol. The summed E-state index contributed by atoms with van der Waals surface area (Å²) in [6.45, 7) is 0.102. The third-order valence-corrected chi connectivity index (χ3v) is 11.8. The number of nitrogens with zero attached hydrogens (tertiary/aromatic N) is 3. The average molecular weight is 671 g/mol. The summed E-state index contributed by atoms with van der Waals surface area (Å²) in [5, 5.41) is 0. The molecule has 0 saturated heterocycles. The molecule has 0 amide bonds. The highest BCUT2D eigenvalue weighted by Crippen LogP contribution is 2.52. The van der Waals surface area contributed by atoms with Gasteiger partial charge in [-0.05, 0) is 93.6 Å². The van der Waals surface area contributed by atoms with Gasteiger partial charge in [0.05, 0.1) is 0 Å². The third kappa shape index (κ3) is 3.91. The molecule has 53 heavy (non-hydrogen) atoms. The second kappa shape index (κ2) is 10.9. The zero-order chi connectivity index (χ0) is 34.6. The molecule has 0 aromatic heterocycles. The molecule has 0 unspecified atom stereocenters. The molecule has 4 aliphatic heterocycles. The summed E-state index contributed by atoms with van der Waals surface area (Å²) in [4.78, 5) is 7.62. The van der Waals surface area contributed by atoms with E-state index in [1.165, 1.54) is 78.0 Å². The van der Waals surface area contributed by atoms with Crippen molar-refractivity contribution in [1.29, 1.82) is 0 Å². The van der Waals surface area contributed by atoms with Gasteiger partial charge < -0.3 is 14.5 Å². The van der Waals surface area contributed by atoms with Crippen molar-refractivity contribution >= 4 is 75.4 Å². The molecule has 8 aromatic carbocycles. The van der Waals surface area contributed by atoms with Crippen LogP contribution in [-0.4, -0.2) is 13.7 Å². The van der Waals surface area contributed by atoms with Crippen LogP contribution in [0.2, 0.25) is 0 Å². The van der Waals surface area contributed by atoms with Crippen LogP contribution in [0.25, 0.3) is 33.4 Å². The summed E-state index contributed by atoms with van der Waals surface area (Å²) in [5.74, 6) is 0. The van der Waals surface area contributed by atoms with Crippen LogP contribution in [0.15, 0.2) is 188 Å². The minimum absolute atomic E-state index is 0.0328. The summed E-state index contributed by atoms with van der Waals surface area (Å²) in [5.41, 5.74) is 21.7. The average Bonchev–Trinajstić information content (AvgIpc) is 3.23. The van der Waals surface area contributed by atoms with E-state index in [0.29, 0.717) is 0 Å². The Morgan fingerprint density at radius 3 is 1.32 bits per heavy atom. The topological polar surface area (TPSA) is 9.72 Å². The minimum Gasteiger partial charge on any atom is -0.376 e. The largest absolute Gasteiger partial charge is 0.376 e. The summed E-state index contributed by atoms with van der Waals surface area (Å²) in [7, 11) is 0. The first-order valence-corrected chi connectivity index (χ1v) is 18.5. The molecule has 12 rings (SSSR count). The van der Waals surface area contributed by atoms with Crippen LogP contribution < -0.4 is 36.4 Å². The standard InChI is InChI=1S/C48H31B2N3/c1-3-15-32(16-4-1)51(33-17-5-2-6-18-33)34-29-30-44-38(31-34)36-20-8-11-23-40(36)50-42-25-13-27-45-47(42)48-41(24-14-28-46(48)53(44)50)49-39-22-10-7-19-35(39)37-21-9-12-26-43(37)52(45)49/h1-31H. The van der Waals surface area contributed by atoms with Crippen molar-refractivity contribution in [3.8, 4) is 33.4 Å². The number of fused-ring (bicyclic) bond motifs is 16. The maximum absolute atomic E-state index is 2.64. The van der Waals surface area contributed by atoms with E-state index in [1.54, 1.807) is 0 Å². The van der Waals surface area contributed by atoms with E-state index in [4.69, 9.17) is 0 Å². The molecule has 8 aromatic rings. The zero-order valence-electron chi connectivity index (χ0n) is 28.9. The van der Waals surface area contributed by atoms with Crippen LogP contribution in [0.3, 0.4) is 0 Å². The molecule has 0 N–H and O–H groups in total. The molecular formula is C48H31B2N3. The molecule has 0 radical (unpaired) electrons. The van der Waals surface area contributed by atoms with Gasteiger partial charge in [0.1, 0.15) is 0 Å². The maximum atomic E-state index is 2.64. The van der Waals surface area contributed by atoms with Crippen LogP contribution in [-0.2, 0) is 0 Å². The molecule has 0 saturated carbocycles. The van der Waals surface area contributed by atoms with Gasteiger partial charge >= 0.3 is 13.7 Å². The highest BCUT2D eigenvalue weighted by atomic mass is 15.2. The molecule has 3 nitrogen and oxygen atoms in total. The van der Waals surface area contributed by atoms with E-state index < -0.39 is 0 Å². The molecule has 0 spiro atoms. The smallest absolute Gasteiger partial charge is 0.329 e. The van der Waals surface area contributed by atoms with Crippen molar-refractivity contribution in [3.05, 3.63) is 188 Å². The van der Waals surface area contributed by atoms with E-state index in [9.17, 15) is 0 Å². The Morgan fingerprint density at radius 2 is 0.736 bits per heavy atom. The highest BCUT2D eigenvalue weighted by molar-refractivity contribution is 6.96. The van der Waals surface area contributed by atoms with Gasteiger partial charge in [-0.1, -0.05) is 127 Å². The van der Waals surface area contributed by atoms with E-state index in [1.807, 2.05) is 0 Å². The van der Waals surface area contributed by atoms with Crippen molar-refractivity contribution in [2.45, 2.75) is 0 Å². The maximum Gasteiger partial charge on any atom is 0.329 e. The highest BCUT2D eigenvalue weighted by Gasteiger charge is 2.49. The lowest BCUT2D eigenvalue weighted by molar-refractivity contribution is 1.27. The lowest BCUT2D eigenvalue weighted by atomic mass is 9.38. The fraction of sp³-hybridized carbons (Fsp3) is 0. The Bertz CT molecular complexity index is 2740. The predicted octanol–water partition coefficient (Wildman–Crippen LogP) is 9.30. The van der Waals surface area contributed by atoms with Gasteiger partial charge in [-0.15, -0.1) is 0 Å². The number of hydrogen-bond donors (Lipinski definition) is 0. The molecule has 5 heteroatoms. The second-order valence-corrected chi connectivity index (χ2v) is 14.4. The van der Waals surface area contributed by atoms with Crippen molar-refractivity contribution in [1.82, 2.24) is 0 Å². The summed E-state index contributed by atoms with van der Waals surface area (Å²) < 4.78 is 0. The first-order chi connectivity index (χ1) is 26.3. The first-order valence-electron chi connectivity index (χ1n) is 18.5. The van der Waals surface area contributed by atoms with Crippen LogP contribution in [0.4, 0.5) is 39.8 Å². The number of rotatable bonds is 3. The molecule has 0 fully saturated rings. The van der Waals surface area contributed by atoms with E-state index in [-0.39, 0.29) is 13.7 Å². The van der Waals surface area contributed by atoms with Gasteiger partial charge in [-0.2, -0.15) is 0 Å². The van der Waals surface area contributed by atoms with E-state index in [2.05, 4.69) is 203 Å². The lowest BCUT2D eigenvalue weighted by Crippen LogP contribution is -2.65. The molecule has 0 aliphatic carbocycles. The van der Waals surface area contributed by atoms with Crippen molar-refractivity contribution in [2.24, 2.45) is 0 Å². The summed E-state index contributed by atoms with van der Waals surface area (Å²) in [6.07, 6.45) is 0. The van der Waals surface area contributed by atoms with E-state index >= 15 is 0 Å². The van der Waals surface area contributed by atoms with Crippen LogP contribution in [0, 0.1) is 0 Å². The van der Waals surface area contributed by atoms with Gasteiger partial charge in [-0.3, -0.25) is 0 Å². The Morgan fingerprint density at radius 1 is 0.302 bits per heavy atom. The SMILES string of the molecule is c1ccc(N(c2ccccc2)c2ccc3c(c2)-c2ccccc2B2c4cccc5c4-c4c(cccc4N23)B2c3ccccc3-c3ccccc3N25)cc1. The van der Waals surface area contributed by atoms with Gasteiger partial charge in [-0.25, -0.2) is 0 Å². The van der Waals surface area contributed by atoms with Crippen molar-refractivity contribution < 1.29 is 0 Å². The van der Waals surface area contributed by atoms with Crippen LogP contribution >= 0.6 is 0 Å². The molecule has 0 atom stereocenters. The summed E-state index contributed by atoms with van der Waals surface area (Å²) >= 11 is 0. The Labute approximate surface area is 310 Å². The number of anilines is 7. The van der Waals surface area contributed by atoms with Crippen molar-refractivity contribution in [3.63, 3.8) is 0 Å². The minimum atomic E-state index is 0.0328. The third-order valence-electron chi connectivity index (χ3n) is 11.8. The molecular weight excluding hydrogens is 640 g/mol. The number of hydrogen-bond acceptors (Lipinski definition) is 3. The van der Waals surface area contributed by atoms with Gasteiger partial charge in [0, 0.05) is 62.1 Å². The number of benzene rings is 8. The number of para-hydroxylation sites is 3. The van der Waals surface area contributed by atoms with Gasteiger partial charge in [0.15, 0.2) is 0 Å². The summed E-state index contributed by atoms with van der Waals surface area (Å²) in [6, 6.07) is 69.5. The molecule has 0 bridgehead atoms. The Balaban J connectivity index is 1.12. The van der Waals surface area contributed by atoms with E-state index in [0.717, 1.165) is 17.1 Å². The monoisotopic (exact) mass is 671 g/mol. The van der Waals surface area contributed by atoms with Gasteiger partial charge in [0.25, 0.3) is 0 Å². The molecule has 4 aliphatic rings. The quantitative estimate of drug-likeness (QED) is 0.174. The second-order valence-electron chi connectivity index (χ2n) is 14.4. The van der Waals surface area contributed by atoms with Gasteiger partial charge in [0.2, 0.25) is 0 Å². The zero-order valence-corrected chi connectivity index (χ0v) is 28.9. The molecule has 244 valence electrons. The Kier molecular flexibility index (Phi) is 5.95.